The van der Waals surface area contributed by atoms with Crippen LogP contribution in [0.5, 0.6) is 5.75 Å². The van der Waals surface area contributed by atoms with Crippen molar-refractivity contribution in [2.24, 2.45) is 0 Å². The van der Waals surface area contributed by atoms with Gasteiger partial charge in [-0.15, -0.1) is 0 Å². The fourth-order valence-corrected chi connectivity index (χ4v) is 2.15. The van der Waals surface area contributed by atoms with E-state index in [0.29, 0.717) is 11.3 Å². The highest BCUT2D eigenvalue weighted by Crippen LogP contribution is 2.21. The maximum Gasteiger partial charge on any atom is 0.269 e. The molecule has 2 rings (SSSR count). The van der Waals surface area contributed by atoms with Gasteiger partial charge in [0.05, 0.1) is 0 Å². The fraction of sp³-hybridized carbons (Fsp3) is 0.125. The van der Waals surface area contributed by atoms with Crippen LogP contribution in [0.2, 0.25) is 0 Å². The first-order valence-electron chi connectivity index (χ1n) is 7.15. The zero-order valence-electron chi connectivity index (χ0n) is 13.2. The molecule has 0 bridgehead atoms. The Balaban J connectivity index is 1.73. The van der Waals surface area contributed by atoms with Gasteiger partial charge in [0, 0.05) is 22.4 Å². The summed E-state index contributed by atoms with van der Waals surface area (Å²) >= 11 is 8.33. The average molecular weight is 423 g/mol. The summed E-state index contributed by atoms with van der Waals surface area (Å²) < 4.78 is 6.34. The van der Waals surface area contributed by atoms with Crippen molar-refractivity contribution in [3.8, 4) is 5.75 Å². The van der Waals surface area contributed by atoms with Crippen LogP contribution >= 0.6 is 28.1 Å². The fourth-order valence-electron chi connectivity index (χ4n) is 1.74. The van der Waals surface area contributed by atoms with Gasteiger partial charge in [0.15, 0.2) is 11.7 Å². The normalized spacial score (nSPS) is 9.84. The van der Waals surface area contributed by atoms with Crippen molar-refractivity contribution in [2.75, 3.05) is 6.61 Å². The highest BCUT2D eigenvalue weighted by Gasteiger charge is 2.08. The van der Waals surface area contributed by atoms with Gasteiger partial charge >= 0.3 is 0 Å². The van der Waals surface area contributed by atoms with E-state index in [1.54, 1.807) is 18.2 Å². The number of carbonyl (C=O) groups is 2. The van der Waals surface area contributed by atoms with E-state index in [2.05, 4.69) is 37.1 Å². The van der Waals surface area contributed by atoms with Gasteiger partial charge in [0.2, 0.25) is 0 Å². The maximum absolute atomic E-state index is 11.8. The molecule has 7 nitrogen and oxygen atoms in total. The Labute approximate surface area is 158 Å². The van der Waals surface area contributed by atoms with E-state index in [-0.39, 0.29) is 11.7 Å². The summed E-state index contributed by atoms with van der Waals surface area (Å²) in [4.78, 5) is 27.4. The Morgan fingerprint density at radius 3 is 2.60 bits per heavy atom. The molecule has 0 saturated heterocycles. The summed E-state index contributed by atoms with van der Waals surface area (Å²) in [6.07, 6.45) is 2.99. The van der Waals surface area contributed by atoms with Crippen molar-refractivity contribution in [3.63, 3.8) is 0 Å². The second kappa shape index (κ2) is 9.09. The van der Waals surface area contributed by atoms with Crippen LogP contribution in [-0.4, -0.2) is 28.5 Å². The van der Waals surface area contributed by atoms with Gasteiger partial charge in [-0.3, -0.25) is 30.7 Å². The molecule has 2 amide bonds. The maximum atomic E-state index is 11.8. The van der Waals surface area contributed by atoms with Crippen LogP contribution in [0.3, 0.4) is 0 Å². The molecule has 25 heavy (non-hydrogen) atoms. The van der Waals surface area contributed by atoms with Crippen LogP contribution in [0.25, 0.3) is 0 Å². The number of hydrogen-bond donors (Lipinski definition) is 3. The SMILES string of the molecule is Cc1cc(OCC(=O)NC(=S)NNC(=O)c2ccncc2)ccc1Br. The van der Waals surface area contributed by atoms with E-state index in [4.69, 9.17) is 17.0 Å². The summed E-state index contributed by atoms with van der Waals surface area (Å²) in [7, 11) is 0. The molecule has 0 unspecified atom stereocenters. The van der Waals surface area contributed by atoms with Crippen LogP contribution < -0.4 is 20.9 Å². The van der Waals surface area contributed by atoms with Crippen molar-refractivity contribution in [2.45, 2.75) is 6.92 Å². The number of ether oxygens (including phenoxy) is 1. The van der Waals surface area contributed by atoms with Gasteiger partial charge < -0.3 is 4.74 Å². The number of hydrazine groups is 1. The standard InChI is InChI=1S/C16H15BrN4O3S/c1-10-8-12(2-3-13(10)17)24-9-14(22)19-16(25)21-20-15(23)11-4-6-18-7-5-11/h2-8H,9H2,1H3,(H,20,23)(H2,19,21,22,25). The number of carbonyl (C=O) groups excluding carboxylic acids is 2. The lowest BCUT2D eigenvalue weighted by Crippen LogP contribution is -2.49. The molecule has 1 aromatic carbocycles. The lowest BCUT2D eigenvalue weighted by atomic mass is 10.2. The van der Waals surface area contributed by atoms with Gasteiger partial charge in [-0.25, -0.2) is 0 Å². The second-order valence-electron chi connectivity index (χ2n) is 4.89. The summed E-state index contributed by atoms with van der Waals surface area (Å²) in [6.45, 7) is 1.71. The Bertz CT molecular complexity index is 786. The number of amides is 2. The molecule has 1 aromatic heterocycles. The summed E-state index contributed by atoms with van der Waals surface area (Å²) in [5.74, 6) is -0.280. The molecule has 0 saturated carbocycles. The molecule has 130 valence electrons. The number of rotatable bonds is 4. The van der Waals surface area contributed by atoms with Gasteiger partial charge in [0.25, 0.3) is 11.8 Å². The van der Waals surface area contributed by atoms with Crippen LogP contribution in [-0.2, 0) is 4.79 Å². The topological polar surface area (TPSA) is 92.4 Å². The third kappa shape index (κ3) is 6.12. The van der Waals surface area contributed by atoms with Crippen molar-refractivity contribution in [1.29, 1.82) is 0 Å². The lowest BCUT2D eigenvalue weighted by molar-refractivity contribution is -0.121. The van der Waals surface area contributed by atoms with Crippen LogP contribution in [0.4, 0.5) is 0 Å². The van der Waals surface area contributed by atoms with Crippen molar-refractivity contribution in [3.05, 3.63) is 58.3 Å². The molecule has 1 heterocycles. The molecule has 9 heteroatoms. The van der Waals surface area contributed by atoms with Crippen molar-refractivity contribution >= 4 is 45.1 Å². The molecular formula is C16H15BrN4O3S. The average Bonchev–Trinajstić information content (AvgIpc) is 2.61. The Morgan fingerprint density at radius 1 is 1.20 bits per heavy atom. The molecule has 0 aliphatic carbocycles. The summed E-state index contributed by atoms with van der Waals surface area (Å²) in [6, 6.07) is 8.49. The number of nitrogens with one attached hydrogen (secondary N) is 3. The minimum atomic E-state index is -0.448. The van der Waals surface area contributed by atoms with E-state index in [1.165, 1.54) is 12.4 Å². The van der Waals surface area contributed by atoms with Gasteiger partial charge in [0.1, 0.15) is 5.75 Å². The Kier molecular flexibility index (Phi) is 6.84. The van der Waals surface area contributed by atoms with Crippen molar-refractivity contribution in [1.82, 2.24) is 21.2 Å². The third-order valence-electron chi connectivity index (χ3n) is 2.98. The number of benzene rings is 1. The van der Waals surface area contributed by atoms with Gasteiger partial charge in [-0.2, -0.15) is 0 Å². The predicted octanol–water partition coefficient (Wildman–Crippen LogP) is 1.87. The number of aryl methyl sites for hydroxylation is 1. The van der Waals surface area contributed by atoms with E-state index in [1.807, 2.05) is 19.1 Å². The molecular weight excluding hydrogens is 408 g/mol. The van der Waals surface area contributed by atoms with Crippen LogP contribution in [0.15, 0.2) is 47.2 Å². The predicted molar refractivity (Wildman–Crippen MR) is 100.0 cm³/mol. The molecule has 0 radical (unpaired) electrons. The van der Waals surface area contributed by atoms with E-state index in [9.17, 15) is 9.59 Å². The smallest absolute Gasteiger partial charge is 0.269 e. The monoisotopic (exact) mass is 422 g/mol. The number of halogens is 1. The van der Waals surface area contributed by atoms with Crippen LogP contribution in [0.1, 0.15) is 15.9 Å². The van der Waals surface area contributed by atoms with E-state index < -0.39 is 11.8 Å². The lowest BCUT2D eigenvalue weighted by Gasteiger charge is -2.11. The number of hydrogen-bond acceptors (Lipinski definition) is 5. The quantitative estimate of drug-likeness (QED) is 0.514. The first kappa shape index (κ1) is 18.8. The van der Waals surface area contributed by atoms with Gasteiger partial charge in [-0.05, 0) is 55.0 Å². The second-order valence-corrected chi connectivity index (χ2v) is 6.15. The Morgan fingerprint density at radius 2 is 1.92 bits per heavy atom. The molecule has 0 aliphatic heterocycles. The highest BCUT2D eigenvalue weighted by molar-refractivity contribution is 9.10. The van der Waals surface area contributed by atoms with E-state index in [0.717, 1.165) is 10.0 Å². The van der Waals surface area contributed by atoms with Crippen LogP contribution in [0, 0.1) is 6.92 Å². The van der Waals surface area contributed by atoms with Gasteiger partial charge in [-0.1, -0.05) is 15.9 Å². The zero-order valence-corrected chi connectivity index (χ0v) is 15.6. The number of nitrogens with zero attached hydrogens (tertiary/aromatic N) is 1. The number of aromatic nitrogens is 1. The largest absolute Gasteiger partial charge is 0.484 e. The molecule has 0 atom stereocenters. The molecule has 0 fully saturated rings. The third-order valence-corrected chi connectivity index (χ3v) is 4.08. The number of pyridine rings is 1. The Hall–Kier alpha value is -2.52. The molecule has 0 spiro atoms. The number of thiocarbonyl (C=S) groups is 1. The summed E-state index contributed by atoms with van der Waals surface area (Å²) in [5, 5.41) is 2.36. The van der Waals surface area contributed by atoms with E-state index >= 15 is 0 Å². The first-order valence-corrected chi connectivity index (χ1v) is 8.35. The minimum absolute atomic E-state index is 0.0389. The zero-order chi connectivity index (χ0) is 18.2. The minimum Gasteiger partial charge on any atom is -0.484 e. The molecule has 0 aliphatic rings. The van der Waals surface area contributed by atoms with Crippen molar-refractivity contribution < 1.29 is 14.3 Å². The first-order chi connectivity index (χ1) is 12.0. The summed E-state index contributed by atoms with van der Waals surface area (Å²) in [5.41, 5.74) is 6.22. The molecule has 2 aromatic rings. The molecule has 3 N–H and O–H groups in total. The highest BCUT2D eigenvalue weighted by atomic mass is 79.9.